The smallest absolute Gasteiger partial charge is 0.231 e. The summed E-state index contributed by atoms with van der Waals surface area (Å²) in [7, 11) is 2.11. The lowest BCUT2D eigenvalue weighted by Crippen LogP contribution is -2.40. The van der Waals surface area contributed by atoms with E-state index in [0.29, 0.717) is 19.0 Å². The number of benzene rings is 1. The largest absolute Gasteiger partial charge is 0.454 e. The molecule has 1 aromatic carbocycles. The summed E-state index contributed by atoms with van der Waals surface area (Å²) in [6.07, 6.45) is 4.17. The Morgan fingerprint density at radius 1 is 1.33 bits per heavy atom. The molecule has 0 aliphatic carbocycles. The van der Waals surface area contributed by atoms with Crippen LogP contribution in [0.1, 0.15) is 31.2 Å². The van der Waals surface area contributed by atoms with Crippen molar-refractivity contribution in [3.05, 3.63) is 23.8 Å². The number of fused-ring (bicyclic) bond motifs is 1. The Morgan fingerprint density at radius 2 is 2.19 bits per heavy atom. The van der Waals surface area contributed by atoms with E-state index in [1.165, 1.54) is 12.8 Å². The van der Waals surface area contributed by atoms with Crippen molar-refractivity contribution in [3.8, 4) is 11.5 Å². The first-order valence-electron chi connectivity index (χ1n) is 7.58. The number of amides is 1. The van der Waals surface area contributed by atoms with Crippen molar-refractivity contribution in [2.75, 3.05) is 20.4 Å². The normalized spacial score (nSPS) is 21.3. The van der Waals surface area contributed by atoms with Crippen molar-refractivity contribution in [2.45, 2.75) is 38.3 Å². The van der Waals surface area contributed by atoms with E-state index in [9.17, 15) is 4.79 Å². The molecule has 2 aliphatic rings. The fraction of sp³-hybridized carbons (Fsp3) is 0.562. The van der Waals surface area contributed by atoms with Crippen molar-refractivity contribution >= 4 is 5.91 Å². The Morgan fingerprint density at radius 3 is 3.05 bits per heavy atom. The molecule has 3 rings (SSSR count). The molecule has 1 atom stereocenters. The van der Waals surface area contributed by atoms with Gasteiger partial charge in [0.05, 0.1) is 0 Å². The number of nitrogens with zero attached hydrogens (tertiary/aromatic N) is 1. The van der Waals surface area contributed by atoms with Gasteiger partial charge in [-0.15, -0.1) is 0 Å². The highest BCUT2D eigenvalue weighted by Gasteiger charge is 2.21. The maximum Gasteiger partial charge on any atom is 0.231 e. The third-order valence-corrected chi connectivity index (χ3v) is 4.27. The standard InChI is InChI=1S/C16H22N2O3/c1-18-7-3-2-4-13(18)9-16(19)17-10-12-5-6-14-15(8-12)21-11-20-14/h5-6,8,13H,2-4,7,9-11H2,1H3,(H,17,19). The first kappa shape index (κ1) is 14.2. The van der Waals surface area contributed by atoms with Gasteiger partial charge in [-0.05, 0) is 44.1 Å². The monoisotopic (exact) mass is 290 g/mol. The second-order valence-electron chi connectivity index (χ2n) is 5.80. The molecule has 1 saturated heterocycles. The molecule has 1 fully saturated rings. The number of piperidine rings is 1. The average molecular weight is 290 g/mol. The van der Waals surface area contributed by atoms with Crippen LogP contribution in [0.15, 0.2) is 18.2 Å². The molecule has 1 amide bonds. The van der Waals surface area contributed by atoms with Gasteiger partial charge < -0.3 is 19.7 Å². The molecule has 5 heteroatoms. The Bertz CT molecular complexity index is 518. The summed E-state index contributed by atoms with van der Waals surface area (Å²) in [6.45, 7) is 1.91. The fourth-order valence-corrected chi connectivity index (χ4v) is 2.94. The number of likely N-dealkylation sites (tertiary alicyclic amines) is 1. The lowest BCUT2D eigenvalue weighted by atomic mass is 10.00. The lowest BCUT2D eigenvalue weighted by Gasteiger charge is -2.31. The number of carbonyl (C=O) groups is 1. The topological polar surface area (TPSA) is 50.8 Å². The van der Waals surface area contributed by atoms with Crippen molar-refractivity contribution in [3.63, 3.8) is 0 Å². The molecule has 2 heterocycles. The maximum absolute atomic E-state index is 12.1. The number of ether oxygens (including phenoxy) is 2. The van der Waals surface area contributed by atoms with Crippen LogP contribution < -0.4 is 14.8 Å². The molecule has 0 spiro atoms. The number of carbonyl (C=O) groups excluding carboxylic acids is 1. The maximum atomic E-state index is 12.1. The van der Waals surface area contributed by atoms with Crippen molar-refractivity contribution < 1.29 is 14.3 Å². The van der Waals surface area contributed by atoms with Crippen LogP contribution in [0, 0.1) is 0 Å². The molecule has 0 bridgehead atoms. The third-order valence-electron chi connectivity index (χ3n) is 4.27. The predicted octanol–water partition coefficient (Wildman–Crippen LogP) is 1.91. The summed E-state index contributed by atoms with van der Waals surface area (Å²) >= 11 is 0. The molecule has 5 nitrogen and oxygen atoms in total. The van der Waals surface area contributed by atoms with Gasteiger partial charge in [-0.1, -0.05) is 12.5 Å². The van der Waals surface area contributed by atoms with Crippen LogP contribution in [0.2, 0.25) is 0 Å². The molecule has 1 aromatic rings. The van der Waals surface area contributed by atoms with Crippen molar-refractivity contribution in [1.82, 2.24) is 10.2 Å². The first-order chi connectivity index (χ1) is 10.2. The zero-order valence-electron chi connectivity index (χ0n) is 12.4. The van der Waals surface area contributed by atoms with E-state index in [2.05, 4.69) is 17.3 Å². The summed E-state index contributed by atoms with van der Waals surface area (Å²) in [6, 6.07) is 6.16. The van der Waals surface area contributed by atoms with Gasteiger partial charge in [0.1, 0.15) is 0 Å². The number of hydrogen-bond donors (Lipinski definition) is 1. The van der Waals surface area contributed by atoms with Crippen molar-refractivity contribution in [1.29, 1.82) is 0 Å². The van der Waals surface area contributed by atoms with E-state index in [0.717, 1.165) is 30.0 Å². The summed E-state index contributed by atoms with van der Waals surface area (Å²) in [5.41, 5.74) is 1.03. The fourth-order valence-electron chi connectivity index (χ4n) is 2.94. The second kappa shape index (κ2) is 6.35. The Kier molecular flexibility index (Phi) is 4.29. The molecule has 1 N–H and O–H groups in total. The highest BCUT2D eigenvalue weighted by molar-refractivity contribution is 5.76. The molecule has 0 radical (unpaired) electrons. The molecule has 2 aliphatic heterocycles. The number of nitrogens with one attached hydrogen (secondary N) is 1. The van der Waals surface area contributed by atoms with Crippen molar-refractivity contribution in [2.24, 2.45) is 0 Å². The summed E-state index contributed by atoms with van der Waals surface area (Å²) < 4.78 is 10.6. The Labute approximate surface area is 125 Å². The van der Waals surface area contributed by atoms with E-state index in [1.54, 1.807) is 0 Å². The minimum absolute atomic E-state index is 0.117. The zero-order valence-corrected chi connectivity index (χ0v) is 12.4. The first-order valence-corrected chi connectivity index (χ1v) is 7.58. The quantitative estimate of drug-likeness (QED) is 0.920. The molecular weight excluding hydrogens is 268 g/mol. The second-order valence-corrected chi connectivity index (χ2v) is 5.80. The molecule has 0 aromatic heterocycles. The summed E-state index contributed by atoms with van der Waals surface area (Å²) in [5.74, 6) is 1.65. The van der Waals surface area contributed by atoms with Gasteiger partial charge in [0.15, 0.2) is 11.5 Å². The van der Waals surface area contributed by atoms with Crippen LogP contribution in [-0.4, -0.2) is 37.2 Å². The summed E-state index contributed by atoms with van der Waals surface area (Å²) in [4.78, 5) is 14.4. The third kappa shape index (κ3) is 3.47. The summed E-state index contributed by atoms with van der Waals surface area (Å²) in [5, 5.41) is 3.00. The Balaban J connectivity index is 1.49. The molecular formula is C16H22N2O3. The van der Waals surface area contributed by atoms with Gasteiger partial charge in [0.2, 0.25) is 12.7 Å². The van der Waals surface area contributed by atoms with Gasteiger partial charge in [-0.3, -0.25) is 4.79 Å². The minimum Gasteiger partial charge on any atom is -0.454 e. The van der Waals surface area contributed by atoms with Gasteiger partial charge in [-0.25, -0.2) is 0 Å². The van der Waals surface area contributed by atoms with E-state index in [1.807, 2.05) is 18.2 Å². The average Bonchev–Trinajstić information content (AvgIpc) is 2.95. The van der Waals surface area contributed by atoms with E-state index in [-0.39, 0.29) is 12.7 Å². The zero-order chi connectivity index (χ0) is 14.7. The van der Waals surface area contributed by atoms with Crippen LogP contribution in [0.5, 0.6) is 11.5 Å². The number of hydrogen-bond acceptors (Lipinski definition) is 4. The van der Waals surface area contributed by atoms with Crippen LogP contribution in [-0.2, 0) is 11.3 Å². The molecule has 0 saturated carbocycles. The molecule has 114 valence electrons. The van der Waals surface area contributed by atoms with Crippen LogP contribution >= 0.6 is 0 Å². The minimum atomic E-state index is 0.117. The van der Waals surface area contributed by atoms with Gasteiger partial charge in [0, 0.05) is 19.0 Å². The Hall–Kier alpha value is -1.75. The molecule has 21 heavy (non-hydrogen) atoms. The van der Waals surface area contributed by atoms with Crippen LogP contribution in [0.25, 0.3) is 0 Å². The lowest BCUT2D eigenvalue weighted by molar-refractivity contribution is -0.122. The van der Waals surface area contributed by atoms with Gasteiger partial charge >= 0.3 is 0 Å². The SMILES string of the molecule is CN1CCCCC1CC(=O)NCc1ccc2c(c1)OCO2. The predicted molar refractivity (Wildman–Crippen MR) is 79.3 cm³/mol. The van der Waals surface area contributed by atoms with E-state index >= 15 is 0 Å². The highest BCUT2D eigenvalue weighted by Crippen LogP contribution is 2.32. The van der Waals surface area contributed by atoms with E-state index < -0.39 is 0 Å². The van der Waals surface area contributed by atoms with Crippen LogP contribution in [0.3, 0.4) is 0 Å². The number of rotatable bonds is 4. The van der Waals surface area contributed by atoms with Crippen LogP contribution in [0.4, 0.5) is 0 Å². The van der Waals surface area contributed by atoms with Gasteiger partial charge in [0.25, 0.3) is 0 Å². The van der Waals surface area contributed by atoms with Gasteiger partial charge in [-0.2, -0.15) is 0 Å². The molecule has 1 unspecified atom stereocenters. The van der Waals surface area contributed by atoms with E-state index in [4.69, 9.17) is 9.47 Å². The highest BCUT2D eigenvalue weighted by atomic mass is 16.7.